The Labute approximate surface area is 141 Å². The highest BCUT2D eigenvalue weighted by Gasteiger charge is 2.30. The van der Waals surface area contributed by atoms with E-state index in [9.17, 15) is 9.59 Å². The fourth-order valence-electron chi connectivity index (χ4n) is 2.60. The first kappa shape index (κ1) is 16.5. The van der Waals surface area contributed by atoms with Gasteiger partial charge in [0.05, 0.1) is 12.7 Å². The largest absolute Gasteiger partial charge is 0.468 e. The molecule has 0 aromatic heterocycles. The third kappa shape index (κ3) is 4.07. The van der Waals surface area contributed by atoms with Crippen molar-refractivity contribution in [1.29, 1.82) is 0 Å². The Morgan fingerprint density at radius 3 is 2.52 bits per heavy atom. The van der Waals surface area contributed by atoms with E-state index in [0.29, 0.717) is 5.56 Å². The SMILES string of the molecule is COC(=O)CN(C(=O)c1ccc(Br)cc1Br)C1CCCC1. The molecular weight excluding hydrogens is 402 g/mol. The predicted octanol–water partition coefficient (Wildman–Crippen LogP) is 3.77. The van der Waals surface area contributed by atoms with E-state index in [1.165, 1.54) is 7.11 Å². The van der Waals surface area contributed by atoms with Crippen LogP contribution >= 0.6 is 31.9 Å². The van der Waals surface area contributed by atoms with Gasteiger partial charge in [-0.05, 0) is 47.0 Å². The number of halogens is 2. The van der Waals surface area contributed by atoms with E-state index >= 15 is 0 Å². The van der Waals surface area contributed by atoms with Crippen molar-refractivity contribution in [3.63, 3.8) is 0 Å². The summed E-state index contributed by atoms with van der Waals surface area (Å²) in [6.07, 6.45) is 4.07. The van der Waals surface area contributed by atoms with Gasteiger partial charge in [0.2, 0.25) is 0 Å². The van der Waals surface area contributed by atoms with Crippen LogP contribution in [0.25, 0.3) is 0 Å². The number of hydrogen-bond donors (Lipinski definition) is 0. The van der Waals surface area contributed by atoms with Gasteiger partial charge in [-0.2, -0.15) is 0 Å². The molecule has 4 nitrogen and oxygen atoms in total. The molecule has 0 radical (unpaired) electrons. The van der Waals surface area contributed by atoms with Crippen LogP contribution in [0, 0.1) is 0 Å². The van der Waals surface area contributed by atoms with Crippen LogP contribution in [0.2, 0.25) is 0 Å². The highest BCUT2D eigenvalue weighted by atomic mass is 79.9. The topological polar surface area (TPSA) is 46.6 Å². The molecule has 1 aliphatic carbocycles. The Morgan fingerprint density at radius 2 is 1.95 bits per heavy atom. The summed E-state index contributed by atoms with van der Waals surface area (Å²) < 4.78 is 6.34. The van der Waals surface area contributed by atoms with Gasteiger partial charge in [-0.3, -0.25) is 9.59 Å². The number of esters is 1. The van der Waals surface area contributed by atoms with Crippen molar-refractivity contribution in [2.75, 3.05) is 13.7 Å². The third-order valence-electron chi connectivity index (χ3n) is 3.71. The summed E-state index contributed by atoms with van der Waals surface area (Å²) in [7, 11) is 1.34. The van der Waals surface area contributed by atoms with Crippen LogP contribution in [0.4, 0.5) is 0 Å². The highest BCUT2D eigenvalue weighted by molar-refractivity contribution is 9.11. The number of carbonyl (C=O) groups excluding carboxylic acids is 2. The Kier molecular flexibility index (Phi) is 5.81. The minimum Gasteiger partial charge on any atom is -0.468 e. The summed E-state index contributed by atoms with van der Waals surface area (Å²) in [6, 6.07) is 5.53. The van der Waals surface area contributed by atoms with E-state index < -0.39 is 0 Å². The van der Waals surface area contributed by atoms with Crippen molar-refractivity contribution in [2.45, 2.75) is 31.7 Å². The van der Waals surface area contributed by atoms with E-state index in [1.54, 1.807) is 11.0 Å². The van der Waals surface area contributed by atoms with Crippen molar-refractivity contribution < 1.29 is 14.3 Å². The van der Waals surface area contributed by atoms with Crippen LogP contribution in [-0.2, 0) is 9.53 Å². The fraction of sp³-hybridized carbons (Fsp3) is 0.467. The molecule has 6 heteroatoms. The Hall–Kier alpha value is -0.880. The number of hydrogen-bond acceptors (Lipinski definition) is 3. The first-order chi connectivity index (χ1) is 10.0. The second kappa shape index (κ2) is 7.40. The molecule has 1 fully saturated rings. The summed E-state index contributed by atoms with van der Waals surface area (Å²) in [4.78, 5) is 26.1. The molecule has 1 aromatic carbocycles. The zero-order valence-corrected chi connectivity index (χ0v) is 14.9. The van der Waals surface area contributed by atoms with Gasteiger partial charge in [-0.1, -0.05) is 28.8 Å². The van der Waals surface area contributed by atoms with Gasteiger partial charge in [0.15, 0.2) is 0 Å². The molecule has 0 heterocycles. The van der Waals surface area contributed by atoms with Crippen LogP contribution in [-0.4, -0.2) is 36.5 Å². The van der Waals surface area contributed by atoms with E-state index in [-0.39, 0.29) is 24.5 Å². The molecule has 0 spiro atoms. The van der Waals surface area contributed by atoms with Crippen molar-refractivity contribution in [3.05, 3.63) is 32.7 Å². The summed E-state index contributed by atoms with van der Waals surface area (Å²) in [6.45, 7) is 0.00248. The second-order valence-corrected chi connectivity index (χ2v) is 6.84. The van der Waals surface area contributed by atoms with Gasteiger partial charge >= 0.3 is 5.97 Å². The lowest BCUT2D eigenvalue weighted by Crippen LogP contribution is -2.42. The fourth-order valence-corrected chi connectivity index (χ4v) is 3.82. The van der Waals surface area contributed by atoms with Crippen LogP contribution in [0.3, 0.4) is 0 Å². The molecule has 114 valence electrons. The normalized spacial score (nSPS) is 15.0. The van der Waals surface area contributed by atoms with Gasteiger partial charge < -0.3 is 9.64 Å². The van der Waals surface area contributed by atoms with Crippen molar-refractivity contribution in [3.8, 4) is 0 Å². The molecule has 0 N–H and O–H groups in total. The number of amides is 1. The molecule has 0 saturated heterocycles. The lowest BCUT2D eigenvalue weighted by Gasteiger charge is -2.28. The van der Waals surface area contributed by atoms with Crippen molar-refractivity contribution in [2.24, 2.45) is 0 Å². The molecule has 2 rings (SSSR count). The van der Waals surface area contributed by atoms with E-state index in [0.717, 1.165) is 34.6 Å². The van der Waals surface area contributed by atoms with Crippen molar-refractivity contribution >= 4 is 43.7 Å². The average Bonchev–Trinajstić information content (AvgIpc) is 2.97. The number of rotatable bonds is 4. The predicted molar refractivity (Wildman–Crippen MR) is 87.2 cm³/mol. The number of carbonyl (C=O) groups is 2. The molecule has 1 aliphatic rings. The summed E-state index contributed by atoms with van der Waals surface area (Å²) >= 11 is 6.79. The molecule has 0 unspecified atom stereocenters. The summed E-state index contributed by atoms with van der Waals surface area (Å²) in [5, 5.41) is 0. The number of ether oxygens (including phenoxy) is 1. The molecule has 0 bridgehead atoms. The Morgan fingerprint density at radius 1 is 1.29 bits per heavy atom. The maximum atomic E-state index is 12.8. The van der Waals surface area contributed by atoms with Gasteiger partial charge in [-0.25, -0.2) is 0 Å². The summed E-state index contributed by atoms with van der Waals surface area (Å²) in [5.41, 5.74) is 0.564. The maximum absolute atomic E-state index is 12.8. The van der Waals surface area contributed by atoms with Crippen molar-refractivity contribution in [1.82, 2.24) is 4.90 Å². The van der Waals surface area contributed by atoms with Crippen LogP contribution in [0.1, 0.15) is 36.0 Å². The van der Waals surface area contributed by atoms with Gasteiger partial charge in [-0.15, -0.1) is 0 Å². The number of nitrogens with zero attached hydrogens (tertiary/aromatic N) is 1. The maximum Gasteiger partial charge on any atom is 0.325 e. The molecule has 1 aromatic rings. The van der Waals surface area contributed by atoms with E-state index in [4.69, 9.17) is 4.74 Å². The molecule has 0 atom stereocenters. The minimum atomic E-state index is -0.386. The van der Waals surface area contributed by atoms with Crippen LogP contribution in [0.15, 0.2) is 27.1 Å². The molecule has 21 heavy (non-hydrogen) atoms. The first-order valence-corrected chi connectivity index (χ1v) is 8.44. The second-order valence-electron chi connectivity index (χ2n) is 5.07. The zero-order valence-electron chi connectivity index (χ0n) is 11.8. The molecule has 1 saturated carbocycles. The Bertz CT molecular complexity index is 542. The van der Waals surface area contributed by atoms with Crippen LogP contribution < -0.4 is 0 Å². The third-order valence-corrected chi connectivity index (χ3v) is 4.86. The zero-order chi connectivity index (χ0) is 15.4. The molecule has 0 aliphatic heterocycles. The van der Waals surface area contributed by atoms with Gasteiger partial charge in [0.25, 0.3) is 5.91 Å². The van der Waals surface area contributed by atoms with E-state index in [1.807, 2.05) is 12.1 Å². The average molecular weight is 419 g/mol. The highest BCUT2D eigenvalue weighted by Crippen LogP contribution is 2.28. The number of methoxy groups -OCH3 is 1. The lowest BCUT2D eigenvalue weighted by atomic mass is 10.1. The smallest absolute Gasteiger partial charge is 0.325 e. The van der Waals surface area contributed by atoms with Crippen LogP contribution in [0.5, 0.6) is 0 Å². The quantitative estimate of drug-likeness (QED) is 0.699. The summed E-state index contributed by atoms with van der Waals surface area (Å²) in [5.74, 6) is -0.518. The lowest BCUT2D eigenvalue weighted by molar-refractivity contribution is -0.141. The van der Waals surface area contributed by atoms with Gasteiger partial charge in [0.1, 0.15) is 6.54 Å². The Balaban J connectivity index is 2.26. The minimum absolute atomic E-state index is 0.00248. The first-order valence-electron chi connectivity index (χ1n) is 6.85. The van der Waals surface area contributed by atoms with E-state index in [2.05, 4.69) is 31.9 Å². The number of benzene rings is 1. The molecular formula is C15H17Br2NO3. The molecule has 1 amide bonds. The standard InChI is InChI=1S/C15H17Br2NO3/c1-21-14(19)9-18(11-4-2-3-5-11)15(20)12-7-6-10(16)8-13(12)17/h6-8,11H,2-5,9H2,1H3. The monoisotopic (exact) mass is 417 g/mol. The van der Waals surface area contributed by atoms with Gasteiger partial charge in [0, 0.05) is 15.0 Å².